The molecule has 0 bridgehead atoms. The van der Waals surface area contributed by atoms with Crippen molar-refractivity contribution in [2.45, 2.75) is 37.2 Å². The van der Waals surface area contributed by atoms with E-state index < -0.39 is 5.41 Å². The first-order valence-electron chi connectivity index (χ1n) is 10.1. The smallest absolute Gasteiger partial charge is 0.251 e. The van der Waals surface area contributed by atoms with Gasteiger partial charge in [0.15, 0.2) is 0 Å². The largest absolute Gasteiger partial charge is 0.381 e. The molecular weight excluding hydrogens is 380 g/mol. The molecule has 0 saturated carbocycles. The maximum absolute atomic E-state index is 13.6. The van der Waals surface area contributed by atoms with Crippen molar-refractivity contribution in [1.29, 1.82) is 0 Å². The van der Waals surface area contributed by atoms with Crippen LogP contribution in [0.1, 0.15) is 31.2 Å². The predicted octanol–water partition coefficient (Wildman–Crippen LogP) is 2.24. The van der Waals surface area contributed by atoms with Crippen LogP contribution in [-0.2, 0) is 24.5 Å². The van der Waals surface area contributed by atoms with E-state index in [1.54, 1.807) is 0 Å². The normalized spacial score (nSPS) is 25.0. The third kappa shape index (κ3) is 3.78. The second kappa shape index (κ2) is 8.39. The number of ether oxygens (including phenoxy) is 2. The molecule has 1 atom stereocenters. The van der Waals surface area contributed by atoms with Crippen molar-refractivity contribution in [1.82, 2.24) is 9.80 Å². The van der Waals surface area contributed by atoms with Crippen LogP contribution in [0.4, 0.5) is 0 Å². The fourth-order valence-corrected chi connectivity index (χ4v) is 4.65. The van der Waals surface area contributed by atoms with Crippen LogP contribution in [-0.4, -0.2) is 73.7 Å². The van der Waals surface area contributed by atoms with Gasteiger partial charge in [-0.25, -0.2) is 0 Å². The molecule has 3 heterocycles. The molecule has 2 amide bonds. The van der Waals surface area contributed by atoms with Gasteiger partial charge < -0.3 is 19.3 Å². The lowest BCUT2D eigenvalue weighted by atomic mass is 9.73. The third-order valence-electron chi connectivity index (χ3n) is 6.24. The van der Waals surface area contributed by atoms with Crippen LogP contribution in [0.15, 0.2) is 24.3 Å². The summed E-state index contributed by atoms with van der Waals surface area (Å²) in [4.78, 5) is 29.9. The SMILES string of the molecule is O=C(C1CCCO1)N1CCN(C(=O)C2(c3ccc(Cl)cc3)CCOCC2)CC1. The van der Waals surface area contributed by atoms with Crippen LogP contribution in [0.3, 0.4) is 0 Å². The zero-order valence-corrected chi connectivity index (χ0v) is 16.8. The van der Waals surface area contributed by atoms with E-state index in [2.05, 4.69) is 0 Å². The molecule has 1 aromatic carbocycles. The zero-order valence-electron chi connectivity index (χ0n) is 16.1. The lowest BCUT2D eigenvalue weighted by Crippen LogP contribution is -2.57. The van der Waals surface area contributed by atoms with Gasteiger partial charge in [0.1, 0.15) is 6.10 Å². The molecule has 3 fully saturated rings. The zero-order chi connectivity index (χ0) is 19.6. The molecule has 0 radical (unpaired) electrons. The summed E-state index contributed by atoms with van der Waals surface area (Å²) >= 11 is 6.06. The van der Waals surface area contributed by atoms with Crippen molar-refractivity contribution in [3.05, 3.63) is 34.9 Å². The minimum absolute atomic E-state index is 0.0723. The first-order valence-corrected chi connectivity index (χ1v) is 10.5. The Morgan fingerprint density at radius 2 is 1.61 bits per heavy atom. The number of hydrogen-bond acceptors (Lipinski definition) is 4. The number of carbonyl (C=O) groups excluding carboxylic acids is 2. The fourth-order valence-electron chi connectivity index (χ4n) is 4.52. The van der Waals surface area contributed by atoms with E-state index in [-0.39, 0.29) is 17.9 Å². The fraction of sp³-hybridized carbons (Fsp3) is 0.619. The molecule has 0 spiro atoms. The summed E-state index contributed by atoms with van der Waals surface area (Å²) in [6, 6.07) is 7.62. The maximum atomic E-state index is 13.6. The molecule has 152 valence electrons. The highest BCUT2D eigenvalue weighted by Gasteiger charge is 2.45. The summed E-state index contributed by atoms with van der Waals surface area (Å²) < 4.78 is 11.1. The summed E-state index contributed by atoms with van der Waals surface area (Å²) in [5.74, 6) is 0.213. The topological polar surface area (TPSA) is 59.1 Å². The van der Waals surface area contributed by atoms with E-state index >= 15 is 0 Å². The lowest BCUT2D eigenvalue weighted by molar-refractivity contribution is -0.149. The van der Waals surface area contributed by atoms with E-state index in [1.165, 1.54) is 0 Å². The molecule has 4 rings (SSSR count). The number of amides is 2. The Labute approximate surface area is 170 Å². The lowest BCUT2D eigenvalue weighted by Gasteiger charge is -2.43. The molecule has 0 aliphatic carbocycles. The van der Waals surface area contributed by atoms with Gasteiger partial charge in [0.05, 0.1) is 5.41 Å². The van der Waals surface area contributed by atoms with Crippen LogP contribution < -0.4 is 0 Å². The highest BCUT2D eigenvalue weighted by atomic mass is 35.5. The number of piperazine rings is 1. The third-order valence-corrected chi connectivity index (χ3v) is 6.49. The van der Waals surface area contributed by atoms with E-state index in [1.807, 2.05) is 34.1 Å². The molecule has 0 aromatic heterocycles. The van der Waals surface area contributed by atoms with E-state index in [9.17, 15) is 9.59 Å². The molecular formula is C21H27ClN2O4. The monoisotopic (exact) mass is 406 g/mol. The molecule has 0 N–H and O–H groups in total. The van der Waals surface area contributed by atoms with E-state index in [0.717, 1.165) is 18.4 Å². The molecule has 6 nitrogen and oxygen atoms in total. The highest BCUT2D eigenvalue weighted by Crippen LogP contribution is 2.37. The van der Waals surface area contributed by atoms with E-state index in [0.29, 0.717) is 63.9 Å². The Hall–Kier alpha value is -1.63. The number of halogens is 1. The van der Waals surface area contributed by atoms with Gasteiger partial charge in [-0.15, -0.1) is 0 Å². The molecule has 1 aromatic rings. The highest BCUT2D eigenvalue weighted by molar-refractivity contribution is 6.30. The van der Waals surface area contributed by atoms with Crippen LogP contribution in [0.25, 0.3) is 0 Å². The average molecular weight is 407 g/mol. The van der Waals surface area contributed by atoms with Gasteiger partial charge >= 0.3 is 0 Å². The van der Waals surface area contributed by atoms with Crippen LogP contribution in [0.2, 0.25) is 5.02 Å². The van der Waals surface area contributed by atoms with Crippen LogP contribution in [0, 0.1) is 0 Å². The summed E-state index contributed by atoms with van der Waals surface area (Å²) in [6.07, 6.45) is 2.79. The van der Waals surface area contributed by atoms with Crippen molar-refractivity contribution in [3.8, 4) is 0 Å². The van der Waals surface area contributed by atoms with Gasteiger partial charge in [-0.1, -0.05) is 23.7 Å². The molecule has 28 heavy (non-hydrogen) atoms. The Kier molecular flexibility index (Phi) is 5.90. The van der Waals surface area contributed by atoms with Crippen molar-refractivity contribution in [3.63, 3.8) is 0 Å². The molecule has 3 aliphatic heterocycles. The number of hydrogen-bond donors (Lipinski definition) is 0. The van der Waals surface area contributed by atoms with Crippen molar-refractivity contribution in [2.24, 2.45) is 0 Å². The van der Waals surface area contributed by atoms with Crippen molar-refractivity contribution in [2.75, 3.05) is 46.0 Å². The Morgan fingerprint density at radius 1 is 0.964 bits per heavy atom. The van der Waals surface area contributed by atoms with Gasteiger partial charge in [0.25, 0.3) is 5.91 Å². The molecule has 7 heteroatoms. The summed E-state index contributed by atoms with van der Waals surface area (Å²) in [7, 11) is 0. The quantitative estimate of drug-likeness (QED) is 0.772. The Balaban J connectivity index is 1.46. The van der Waals surface area contributed by atoms with Crippen molar-refractivity contribution < 1.29 is 19.1 Å². The Morgan fingerprint density at radius 3 is 2.21 bits per heavy atom. The Bertz CT molecular complexity index is 704. The van der Waals surface area contributed by atoms with Crippen LogP contribution >= 0.6 is 11.6 Å². The van der Waals surface area contributed by atoms with Gasteiger partial charge in [0.2, 0.25) is 5.91 Å². The number of benzene rings is 1. The summed E-state index contributed by atoms with van der Waals surface area (Å²) in [5, 5.41) is 0.666. The molecule has 3 saturated heterocycles. The van der Waals surface area contributed by atoms with Crippen molar-refractivity contribution >= 4 is 23.4 Å². The molecule has 3 aliphatic rings. The number of carbonyl (C=O) groups is 2. The minimum Gasteiger partial charge on any atom is -0.381 e. The standard InChI is InChI=1S/C21H27ClN2O4/c22-17-5-3-16(4-6-17)21(7-14-27-15-8-21)20(26)24-11-9-23(10-12-24)19(25)18-2-1-13-28-18/h3-6,18H,1-2,7-15H2. The van der Waals surface area contributed by atoms with Gasteiger partial charge in [-0.3, -0.25) is 9.59 Å². The van der Waals surface area contributed by atoms with Crippen LogP contribution in [0.5, 0.6) is 0 Å². The first kappa shape index (κ1) is 19.7. The van der Waals surface area contributed by atoms with Gasteiger partial charge in [0, 0.05) is 51.0 Å². The van der Waals surface area contributed by atoms with Gasteiger partial charge in [-0.05, 0) is 43.4 Å². The average Bonchev–Trinajstić information content (AvgIpc) is 3.29. The first-order chi connectivity index (χ1) is 13.6. The van der Waals surface area contributed by atoms with E-state index in [4.69, 9.17) is 21.1 Å². The van der Waals surface area contributed by atoms with Gasteiger partial charge in [-0.2, -0.15) is 0 Å². The molecule has 1 unspecified atom stereocenters. The number of rotatable bonds is 3. The summed E-state index contributed by atoms with van der Waals surface area (Å²) in [6.45, 7) is 4.08. The maximum Gasteiger partial charge on any atom is 0.251 e. The predicted molar refractivity (Wildman–Crippen MR) is 105 cm³/mol. The number of nitrogens with zero attached hydrogens (tertiary/aromatic N) is 2. The second-order valence-corrected chi connectivity index (χ2v) is 8.26. The minimum atomic E-state index is -0.566. The summed E-state index contributed by atoms with van der Waals surface area (Å²) in [5.41, 5.74) is 0.437. The second-order valence-electron chi connectivity index (χ2n) is 7.82.